The Balaban J connectivity index is 2.05. The summed E-state index contributed by atoms with van der Waals surface area (Å²) < 4.78 is 46.0. The van der Waals surface area contributed by atoms with Crippen molar-refractivity contribution in [1.29, 1.82) is 0 Å². The van der Waals surface area contributed by atoms with Gasteiger partial charge in [0.05, 0.1) is 0 Å². The van der Waals surface area contributed by atoms with Crippen molar-refractivity contribution in [3.05, 3.63) is 11.3 Å². The lowest BCUT2D eigenvalue weighted by molar-refractivity contribution is -0.183. The van der Waals surface area contributed by atoms with E-state index in [9.17, 15) is 22.8 Å². The van der Waals surface area contributed by atoms with Gasteiger partial charge in [0.2, 0.25) is 5.78 Å². The highest BCUT2D eigenvalue weighted by Crippen LogP contribution is 2.24. The number of allylic oxidation sites excluding steroid dienone is 1. The number of ether oxygens (including phenoxy) is 2. The minimum atomic E-state index is -4.62. The average molecular weight is 449 g/mol. The summed E-state index contributed by atoms with van der Waals surface area (Å²) in [7, 11) is 0. The first-order valence-electron chi connectivity index (χ1n) is 12.0. The zero-order chi connectivity index (χ0) is 23.0. The molecule has 0 spiro atoms. The predicted molar refractivity (Wildman–Crippen MR) is 115 cm³/mol. The lowest BCUT2D eigenvalue weighted by atomic mass is 10.0. The molecule has 0 saturated heterocycles. The number of alkyl halides is 3. The lowest BCUT2D eigenvalue weighted by Gasteiger charge is -2.08. The fraction of sp³-hybridized carbons (Fsp3) is 0.833. The first-order chi connectivity index (χ1) is 14.8. The molecule has 180 valence electrons. The van der Waals surface area contributed by atoms with Crippen LogP contribution in [0, 0.1) is 0 Å². The van der Waals surface area contributed by atoms with Crippen LogP contribution in [0.4, 0.5) is 13.2 Å². The maximum atomic E-state index is 12.2. The van der Waals surface area contributed by atoms with Crippen molar-refractivity contribution < 1.29 is 32.2 Å². The summed E-state index contributed by atoms with van der Waals surface area (Å²) in [5.41, 5.74) is -0.352. The molecule has 1 aliphatic heterocycles. The second-order valence-electron chi connectivity index (χ2n) is 8.40. The molecule has 0 aliphatic carbocycles. The second-order valence-corrected chi connectivity index (χ2v) is 8.40. The molecule has 1 rings (SSSR count). The van der Waals surface area contributed by atoms with E-state index in [1.54, 1.807) is 0 Å². The van der Waals surface area contributed by atoms with E-state index in [2.05, 4.69) is 11.7 Å². The molecule has 0 bridgehead atoms. The second kappa shape index (κ2) is 16.2. The van der Waals surface area contributed by atoms with Crippen molar-refractivity contribution in [3.8, 4) is 0 Å². The van der Waals surface area contributed by atoms with Crippen LogP contribution in [0.3, 0.4) is 0 Å². The number of rotatable bonds is 18. The molecule has 0 saturated carbocycles. The Morgan fingerprint density at radius 1 is 0.839 bits per heavy atom. The normalized spacial score (nSPS) is 14.3. The Morgan fingerprint density at radius 3 is 1.74 bits per heavy atom. The highest BCUT2D eigenvalue weighted by atomic mass is 19.4. The molecule has 0 radical (unpaired) electrons. The van der Waals surface area contributed by atoms with Crippen LogP contribution in [0.25, 0.3) is 0 Å². The smallest absolute Gasteiger partial charge is 0.422 e. The van der Waals surface area contributed by atoms with E-state index in [1.165, 1.54) is 70.6 Å². The molecular weight excluding hydrogens is 409 g/mol. The van der Waals surface area contributed by atoms with Gasteiger partial charge >= 0.3 is 12.1 Å². The Kier molecular flexibility index (Phi) is 14.3. The summed E-state index contributed by atoms with van der Waals surface area (Å²) in [6.45, 7) is 0.239. The average Bonchev–Trinajstić information content (AvgIpc) is 3.09. The summed E-state index contributed by atoms with van der Waals surface area (Å²) in [6, 6.07) is 0. The summed E-state index contributed by atoms with van der Waals surface area (Å²) >= 11 is 0. The number of ketones is 1. The monoisotopic (exact) mass is 448 g/mol. The van der Waals surface area contributed by atoms with Crippen LogP contribution < -0.4 is 0 Å². The highest BCUT2D eigenvalue weighted by molar-refractivity contribution is 6.19. The lowest BCUT2D eigenvalue weighted by Crippen LogP contribution is -2.23. The molecule has 1 heterocycles. The number of halogens is 3. The summed E-state index contributed by atoms with van der Waals surface area (Å²) in [4.78, 5) is 23.5. The topological polar surface area (TPSA) is 52.6 Å². The van der Waals surface area contributed by atoms with Crippen LogP contribution in [0.1, 0.15) is 110 Å². The molecule has 0 aromatic rings. The third kappa shape index (κ3) is 13.5. The molecule has 0 N–H and O–H groups in total. The van der Waals surface area contributed by atoms with E-state index >= 15 is 0 Å². The van der Waals surface area contributed by atoms with E-state index in [0.717, 1.165) is 25.7 Å². The summed E-state index contributed by atoms with van der Waals surface area (Å²) in [6.07, 6.45) is 14.2. The van der Waals surface area contributed by atoms with Crippen molar-refractivity contribution in [2.45, 2.75) is 116 Å². The van der Waals surface area contributed by atoms with Crippen LogP contribution in [0.15, 0.2) is 11.3 Å². The molecule has 7 heteroatoms. The van der Waals surface area contributed by atoms with E-state index in [0.29, 0.717) is 6.42 Å². The Bertz CT molecular complexity index is 556. The number of hydrogen-bond acceptors (Lipinski definition) is 4. The van der Waals surface area contributed by atoms with Gasteiger partial charge < -0.3 is 9.47 Å². The quantitative estimate of drug-likeness (QED) is 0.126. The van der Waals surface area contributed by atoms with E-state index in [-0.39, 0.29) is 17.9 Å². The van der Waals surface area contributed by atoms with Gasteiger partial charge in [-0.05, 0) is 6.42 Å². The van der Waals surface area contributed by atoms with Gasteiger partial charge in [0.1, 0.15) is 11.3 Å². The molecule has 0 unspecified atom stereocenters. The van der Waals surface area contributed by atoms with E-state index < -0.39 is 24.5 Å². The van der Waals surface area contributed by atoms with Crippen molar-refractivity contribution in [1.82, 2.24) is 0 Å². The van der Waals surface area contributed by atoms with Crippen LogP contribution in [0.5, 0.6) is 0 Å². The number of carbonyl (C=O) groups is 2. The highest BCUT2D eigenvalue weighted by Gasteiger charge is 2.35. The first-order valence-corrected chi connectivity index (χ1v) is 12.0. The zero-order valence-electron chi connectivity index (χ0n) is 19.0. The standard InChI is InChI=1S/C24H39F3O4/c1-2-3-4-5-6-7-8-9-10-11-12-13-14-15-16-17-21-22(20(28)18-30-21)23(29)31-19-24(25,26)27/h2-19H2,1H3. The van der Waals surface area contributed by atoms with Gasteiger partial charge in [-0.15, -0.1) is 0 Å². The van der Waals surface area contributed by atoms with Crippen molar-refractivity contribution in [3.63, 3.8) is 0 Å². The molecular formula is C24H39F3O4. The Morgan fingerprint density at radius 2 is 1.29 bits per heavy atom. The van der Waals surface area contributed by atoms with Gasteiger partial charge in [0.25, 0.3) is 0 Å². The SMILES string of the molecule is CCCCCCCCCCCCCCCCCC1=C(C(=O)OCC(F)(F)F)C(=O)CO1. The van der Waals surface area contributed by atoms with Crippen LogP contribution in [-0.4, -0.2) is 31.1 Å². The number of Topliss-reactive ketones (excluding diaryl/α,β-unsaturated/α-hetero) is 1. The summed E-state index contributed by atoms with van der Waals surface area (Å²) in [5.74, 6) is -1.68. The number of carbonyl (C=O) groups excluding carboxylic acids is 2. The van der Waals surface area contributed by atoms with Gasteiger partial charge in [0, 0.05) is 6.42 Å². The predicted octanol–water partition coefficient (Wildman–Crippen LogP) is 7.21. The fourth-order valence-electron chi connectivity index (χ4n) is 3.75. The van der Waals surface area contributed by atoms with Gasteiger partial charge in [-0.1, -0.05) is 96.8 Å². The Hall–Kier alpha value is -1.53. The molecule has 0 fully saturated rings. The number of unbranched alkanes of at least 4 members (excludes halogenated alkanes) is 14. The van der Waals surface area contributed by atoms with Crippen LogP contribution >= 0.6 is 0 Å². The molecule has 0 amide bonds. The third-order valence-electron chi connectivity index (χ3n) is 5.51. The zero-order valence-corrected chi connectivity index (χ0v) is 19.0. The van der Waals surface area contributed by atoms with E-state index in [1.807, 2.05) is 0 Å². The van der Waals surface area contributed by atoms with Crippen molar-refractivity contribution in [2.24, 2.45) is 0 Å². The fourth-order valence-corrected chi connectivity index (χ4v) is 3.75. The molecule has 31 heavy (non-hydrogen) atoms. The molecule has 0 atom stereocenters. The number of hydrogen-bond donors (Lipinski definition) is 0. The largest absolute Gasteiger partial charge is 0.489 e. The minimum Gasteiger partial charge on any atom is -0.489 e. The molecule has 0 aromatic heterocycles. The first kappa shape index (κ1) is 27.5. The number of esters is 1. The van der Waals surface area contributed by atoms with Gasteiger partial charge in [-0.25, -0.2) is 4.79 Å². The minimum absolute atomic E-state index is 0.173. The Labute approximate surface area is 184 Å². The maximum absolute atomic E-state index is 12.2. The van der Waals surface area contributed by atoms with Crippen LogP contribution in [-0.2, 0) is 19.1 Å². The van der Waals surface area contributed by atoms with Crippen molar-refractivity contribution in [2.75, 3.05) is 13.2 Å². The molecule has 4 nitrogen and oxygen atoms in total. The van der Waals surface area contributed by atoms with Crippen molar-refractivity contribution >= 4 is 11.8 Å². The third-order valence-corrected chi connectivity index (χ3v) is 5.51. The van der Waals surface area contributed by atoms with Gasteiger partial charge in [-0.3, -0.25) is 4.79 Å². The van der Waals surface area contributed by atoms with Gasteiger partial charge in [0.15, 0.2) is 13.2 Å². The van der Waals surface area contributed by atoms with Gasteiger partial charge in [-0.2, -0.15) is 13.2 Å². The summed E-state index contributed by atoms with van der Waals surface area (Å²) in [5, 5.41) is 0. The molecule has 0 aromatic carbocycles. The molecule has 1 aliphatic rings. The van der Waals surface area contributed by atoms with Crippen LogP contribution in [0.2, 0.25) is 0 Å². The van der Waals surface area contributed by atoms with E-state index in [4.69, 9.17) is 4.74 Å². The maximum Gasteiger partial charge on any atom is 0.422 e.